The number of hydrogen-bond donors (Lipinski definition) is 0. The van der Waals surface area contributed by atoms with Gasteiger partial charge in [0.25, 0.3) is 0 Å². The van der Waals surface area contributed by atoms with Gasteiger partial charge in [-0.3, -0.25) is 14.5 Å². The Bertz CT molecular complexity index is 677. The summed E-state index contributed by atoms with van der Waals surface area (Å²) < 4.78 is 1.85. The van der Waals surface area contributed by atoms with Gasteiger partial charge in [-0.1, -0.05) is 6.07 Å². The lowest BCUT2D eigenvalue weighted by molar-refractivity contribution is -0.133. The molecule has 1 atom stereocenters. The molecular formula is C19H26N4O. The normalized spacial score (nSPS) is 17.9. The predicted molar refractivity (Wildman–Crippen MR) is 93.6 cm³/mol. The predicted octanol–water partition coefficient (Wildman–Crippen LogP) is 2.77. The second-order valence-corrected chi connectivity index (χ2v) is 6.83. The molecule has 0 bridgehead atoms. The minimum atomic E-state index is 0.245. The molecule has 1 fully saturated rings. The molecule has 2 aromatic heterocycles. The van der Waals surface area contributed by atoms with Crippen molar-refractivity contribution in [3.8, 4) is 0 Å². The molecule has 24 heavy (non-hydrogen) atoms. The SMILES string of the molecule is Cc1ccc(C[C@H]2CCCN(C(=O)CCn3ccc(C)n3)C2)cn1. The first-order valence-corrected chi connectivity index (χ1v) is 8.79. The Morgan fingerprint density at radius 3 is 2.83 bits per heavy atom. The number of carbonyl (C=O) groups excluding carboxylic acids is 1. The van der Waals surface area contributed by atoms with E-state index in [2.05, 4.69) is 22.2 Å². The number of carbonyl (C=O) groups is 1. The van der Waals surface area contributed by atoms with Crippen LogP contribution in [0.25, 0.3) is 0 Å². The van der Waals surface area contributed by atoms with E-state index in [0.29, 0.717) is 18.9 Å². The number of likely N-dealkylation sites (tertiary alicyclic amines) is 1. The second-order valence-electron chi connectivity index (χ2n) is 6.83. The Kier molecular flexibility index (Phi) is 5.28. The van der Waals surface area contributed by atoms with Gasteiger partial charge in [-0.05, 0) is 56.7 Å². The van der Waals surface area contributed by atoms with Crippen molar-refractivity contribution in [1.29, 1.82) is 0 Å². The molecule has 0 aliphatic carbocycles. The Balaban J connectivity index is 1.50. The summed E-state index contributed by atoms with van der Waals surface area (Å²) in [6, 6.07) is 6.19. The van der Waals surface area contributed by atoms with Gasteiger partial charge in [0.15, 0.2) is 0 Å². The van der Waals surface area contributed by atoms with E-state index in [4.69, 9.17) is 0 Å². The highest BCUT2D eigenvalue weighted by Gasteiger charge is 2.23. The van der Waals surface area contributed by atoms with Crippen LogP contribution in [0.5, 0.6) is 0 Å². The lowest BCUT2D eigenvalue weighted by Gasteiger charge is -2.33. The highest BCUT2D eigenvalue weighted by atomic mass is 16.2. The van der Waals surface area contributed by atoms with Crippen LogP contribution in [0.4, 0.5) is 0 Å². The molecule has 0 saturated carbocycles. The first kappa shape index (κ1) is 16.7. The number of hydrogen-bond acceptors (Lipinski definition) is 3. The summed E-state index contributed by atoms with van der Waals surface area (Å²) >= 11 is 0. The van der Waals surface area contributed by atoms with Gasteiger partial charge in [-0.15, -0.1) is 0 Å². The number of aryl methyl sites for hydroxylation is 3. The number of nitrogens with zero attached hydrogens (tertiary/aromatic N) is 4. The van der Waals surface area contributed by atoms with Crippen molar-refractivity contribution in [2.24, 2.45) is 5.92 Å². The fraction of sp³-hybridized carbons (Fsp3) is 0.526. The molecule has 128 valence electrons. The Labute approximate surface area is 143 Å². The average Bonchev–Trinajstić information content (AvgIpc) is 3.00. The minimum Gasteiger partial charge on any atom is -0.342 e. The second kappa shape index (κ2) is 7.60. The molecule has 1 aliphatic heterocycles. The van der Waals surface area contributed by atoms with Crippen molar-refractivity contribution in [2.75, 3.05) is 13.1 Å². The van der Waals surface area contributed by atoms with Crippen molar-refractivity contribution in [3.63, 3.8) is 0 Å². The van der Waals surface area contributed by atoms with Gasteiger partial charge in [0.05, 0.1) is 5.69 Å². The zero-order valence-electron chi connectivity index (χ0n) is 14.6. The molecule has 0 N–H and O–H groups in total. The van der Waals surface area contributed by atoms with Crippen LogP contribution in [-0.4, -0.2) is 38.7 Å². The zero-order chi connectivity index (χ0) is 16.9. The Hall–Kier alpha value is -2.17. The maximum Gasteiger partial charge on any atom is 0.224 e. The van der Waals surface area contributed by atoms with Crippen LogP contribution in [0.3, 0.4) is 0 Å². The van der Waals surface area contributed by atoms with Crippen LogP contribution >= 0.6 is 0 Å². The van der Waals surface area contributed by atoms with Gasteiger partial charge in [0.1, 0.15) is 0 Å². The number of aromatic nitrogens is 3. The van der Waals surface area contributed by atoms with Crippen LogP contribution in [-0.2, 0) is 17.8 Å². The molecule has 3 heterocycles. The average molecular weight is 326 g/mol. The smallest absolute Gasteiger partial charge is 0.224 e. The molecule has 0 aromatic carbocycles. The van der Waals surface area contributed by atoms with Gasteiger partial charge in [0.2, 0.25) is 5.91 Å². The molecule has 1 aliphatic rings. The third-order valence-electron chi connectivity index (χ3n) is 4.70. The third kappa shape index (κ3) is 4.43. The van der Waals surface area contributed by atoms with Gasteiger partial charge < -0.3 is 4.90 Å². The standard InChI is InChI=1S/C19H26N4O/c1-15-5-6-17(13-20-15)12-18-4-3-9-22(14-18)19(24)8-11-23-10-7-16(2)21-23/h5-7,10,13,18H,3-4,8-9,11-12,14H2,1-2H3/t18-/m1/s1. The van der Waals surface area contributed by atoms with Crippen molar-refractivity contribution in [2.45, 2.75) is 46.1 Å². The van der Waals surface area contributed by atoms with Gasteiger partial charge in [0, 0.05) is 44.1 Å². The summed E-state index contributed by atoms with van der Waals surface area (Å²) in [5, 5.41) is 4.34. The number of pyridine rings is 1. The molecule has 5 heteroatoms. The summed E-state index contributed by atoms with van der Waals surface area (Å²) in [6.07, 6.45) is 7.73. The van der Waals surface area contributed by atoms with Crippen molar-refractivity contribution >= 4 is 5.91 Å². The summed E-state index contributed by atoms with van der Waals surface area (Å²) in [5.74, 6) is 0.786. The highest BCUT2D eigenvalue weighted by molar-refractivity contribution is 5.76. The number of rotatable bonds is 5. The van der Waals surface area contributed by atoms with Crippen molar-refractivity contribution in [3.05, 3.63) is 47.5 Å². The van der Waals surface area contributed by atoms with E-state index < -0.39 is 0 Å². The van der Waals surface area contributed by atoms with Gasteiger partial charge in [-0.2, -0.15) is 5.10 Å². The molecule has 1 saturated heterocycles. The number of amides is 1. The largest absolute Gasteiger partial charge is 0.342 e. The first-order chi connectivity index (χ1) is 11.6. The summed E-state index contributed by atoms with van der Waals surface area (Å²) in [7, 11) is 0. The fourth-order valence-electron chi connectivity index (χ4n) is 3.37. The first-order valence-electron chi connectivity index (χ1n) is 8.79. The number of piperidine rings is 1. The summed E-state index contributed by atoms with van der Waals surface area (Å²) in [6.45, 7) is 6.39. The Morgan fingerprint density at radius 2 is 2.12 bits per heavy atom. The minimum absolute atomic E-state index is 0.245. The summed E-state index contributed by atoms with van der Waals surface area (Å²) in [4.78, 5) is 18.9. The molecular weight excluding hydrogens is 300 g/mol. The van der Waals surface area contributed by atoms with E-state index >= 15 is 0 Å². The van der Waals surface area contributed by atoms with Crippen LogP contribution in [0.15, 0.2) is 30.6 Å². The lowest BCUT2D eigenvalue weighted by Crippen LogP contribution is -2.40. The van der Waals surface area contributed by atoms with Crippen molar-refractivity contribution < 1.29 is 4.79 Å². The quantitative estimate of drug-likeness (QED) is 0.849. The molecule has 0 unspecified atom stereocenters. The van der Waals surface area contributed by atoms with Crippen molar-refractivity contribution in [1.82, 2.24) is 19.7 Å². The van der Waals surface area contributed by atoms with E-state index in [0.717, 1.165) is 37.3 Å². The maximum atomic E-state index is 12.5. The van der Waals surface area contributed by atoms with Crippen LogP contribution in [0, 0.1) is 19.8 Å². The molecule has 1 amide bonds. The topological polar surface area (TPSA) is 51.0 Å². The van der Waals surface area contributed by atoms with Gasteiger partial charge >= 0.3 is 0 Å². The van der Waals surface area contributed by atoms with Crippen LogP contribution in [0.2, 0.25) is 0 Å². The molecule has 3 rings (SSSR count). The maximum absolute atomic E-state index is 12.5. The molecule has 0 spiro atoms. The lowest BCUT2D eigenvalue weighted by atomic mass is 9.91. The molecule has 2 aromatic rings. The van der Waals surface area contributed by atoms with E-state index in [-0.39, 0.29) is 5.91 Å². The fourth-order valence-corrected chi connectivity index (χ4v) is 3.37. The van der Waals surface area contributed by atoms with Gasteiger partial charge in [-0.25, -0.2) is 0 Å². The van der Waals surface area contributed by atoms with E-state index in [1.165, 1.54) is 12.0 Å². The van der Waals surface area contributed by atoms with Crippen LogP contribution < -0.4 is 0 Å². The van der Waals surface area contributed by atoms with Crippen LogP contribution in [0.1, 0.15) is 36.2 Å². The third-order valence-corrected chi connectivity index (χ3v) is 4.70. The zero-order valence-corrected chi connectivity index (χ0v) is 14.6. The monoisotopic (exact) mass is 326 g/mol. The summed E-state index contributed by atoms with van der Waals surface area (Å²) in [5.41, 5.74) is 3.31. The molecule has 0 radical (unpaired) electrons. The van der Waals surface area contributed by atoms with E-state index in [1.807, 2.05) is 41.9 Å². The highest BCUT2D eigenvalue weighted by Crippen LogP contribution is 2.21. The Morgan fingerprint density at radius 1 is 1.25 bits per heavy atom. The van der Waals surface area contributed by atoms with E-state index in [1.54, 1.807) is 0 Å². The van der Waals surface area contributed by atoms with E-state index in [9.17, 15) is 4.79 Å². The molecule has 5 nitrogen and oxygen atoms in total.